The van der Waals surface area contributed by atoms with Gasteiger partial charge in [0.05, 0.1) is 0 Å². The van der Waals surface area contributed by atoms with Gasteiger partial charge in [0.2, 0.25) is 0 Å². The second-order valence-corrected chi connectivity index (χ2v) is 6.72. The van der Waals surface area contributed by atoms with Crippen molar-refractivity contribution >= 4 is 0 Å². The molecule has 0 amide bonds. The van der Waals surface area contributed by atoms with E-state index < -0.39 is 0 Å². The summed E-state index contributed by atoms with van der Waals surface area (Å²) in [6.45, 7) is 8.29. The molecular weight excluding hydrogens is 234 g/mol. The molecule has 19 heavy (non-hydrogen) atoms. The number of rotatable bonds is 5. The van der Waals surface area contributed by atoms with Crippen LogP contribution in [0.4, 0.5) is 0 Å². The number of likely N-dealkylation sites (N-methyl/N-ethyl adjacent to an activating group) is 2. The lowest BCUT2D eigenvalue weighted by molar-refractivity contribution is 0.111. The molecule has 2 rings (SSSR count). The van der Waals surface area contributed by atoms with E-state index in [1.807, 2.05) is 0 Å². The predicted octanol–water partition coefficient (Wildman–Crippen LogP) is 2.18. The lowest BCUT2D eigenvalue weighted by Gasteiger charge is -2.41. The first-order valence-electron chi connectivity index (χ1n) is 8.29. The molecule has 4 atom stereocenters. The molecular formula is C16H33N3. The van der Waals surface area contributed by atoms with Crippen molar-refractivity contribution in [1.29, 1.82) is 0 Å². The molecule has 0 radical (unpaired) electrons. The zero-order valence-corrected chi connectivity index (χ0v) is 13.4. The highest BCUT2D eigenvalue weighted by Crippen LogP contribution is 2.32. The number of nitrogens with one attached hydrogen (secondary N) is 1. The summed E-state index contributed by atoms with van der Waals surface area (Å²) in [7, 11) is 4.46. The lowest BCUT2D eigenvalue weighted by atomic mass is 9.80. The summed E-state index contributed by atoms with van der Waals surface area (Å²) in [5.74, 6) is 0.957. The molecule has 3 nitrogen and oxygen atoms in total. The van der Waals surface area contributed by atoms with Gasteiger partial charge in [0.25, 0.3) is 0 Å². The Morgan fingerprint density at radius 3 is 2.53 bits per heavy atom. The lowest BCUT2D eigenvalue weighted by Crippen LogP contribution is -2.53. The number of hydrogen-bond acceptors (Lipinski definition) is 3. The van der Waals surface area contributed by atoms with Gasteiger partial charge in [-0.05, 0) is 52.2 Å². The minimum Gasteiger partial charge on any atom is -0.313 e. The number of hydrogen-bond donors (Lipinski definition) is 1. The van der Waals surface area contributed by atoms with Crippen LogP contribution in [0.25, 0.3) is 0 Å². The third-order valence-electron chi connectivity index (χ3n) is 5.36. The normalized spacial score (nSPS) is 37.1. The van der Waals surface area contributed by atoms with E-state index in [1.165, 1.54) is 45.2 Å². The molecule has 0 aromatic carbocycles. The Kier molecular flexibility index (Phi) is 5.67. The van der Waals surface area contributed by atoms with Crippen LogP contribution in [-0.4, -0.2) is 61.7 Å². The van der Waals surface area contributed by atoms with E-state index in [0.717, 1.165) is 30.6 Å². The summed E-state index contributed by atoms with van der Waals surface area (Å²) in [6, 6.07) is 2.28. The number of nitrogens with zero attached hydrogens (tertiary/aromatic N) is 2. The molecule has 2 aliphatic rings. The van der Waals surface area contributed by atoms with Gasteiger partial charge in [-0.1, -0.05) is 20.3 Å². The second-order valence-electron chi connectivity index (χ2n) is 6.72. The monoisotopic (exact) mass is 267 g/mol. The molecule has 2 fully saturated rings. The van der Waals surface area contributed by atoms with Crippen LogP contribution in [0.2, 0.25) is 0 Å². The molecule has 0 aromatic heterocycles. The Morgan fingerprint density at radius 1 is 1.16 bits per heavy atom. The molecule has 3 heteroatoms. The van der Waals surface area contributed by atoms with Crippen molar-refractivity contribution in [3.63, 3.8) is 0 Å². The zero-order chi connectivity index (χ0) is 13.8. The van der Waals surface area contributed by atoms with Gasteiger partial charge >= 0.3 is 0 Å². The molecule has 0 aromatic rings. The first-order valence-corrected chi connectivity index (χ1v) is 8.29. The van der Waals surface area contributed by atoms with Crippen molar-refractivity contribution in [2.75, 3.05) is 33.7 Å². The van der Waals surface area contributed by atoms with Gasteiger partial charge in [0.1, 0.15) is 0 Å². The van der Waals surface area contributed by atoms with Gasteiger partial charge in [-0.2, -0.15) is 0 Å². The topological polar surface area (TPSA) is 18.5 Å². The fraction of sp³-hybridized carbons (Fsp3) is 1.00. The SMILES string of the molecule is CCNC1CCC(CC)CC1N1CCC(N(C)C)C1. The van der Waals surface area contributed by atoms with E-state index in [0.29, 0.717) is 0 Å². The first kappa shape index (κ1) is 15.3. The molecule has 112 valence electrons. The molecule has 1 saturated carbocycles. The van der Waals surface area contributed by atoms with Crippen LogP contribution >= 0.6 is 0 Å². The average molecular weight is 267 g/mol. The quantitative estimate of drug-likeness (QED) is 0.824. The van der Waals surface area contributed by atoms with Crippen LogP contribution in [0.15, 0.2) is 0 Å². The molecule has 0 bridgehead atoms. The summed E-state index contributed by atoms with van der Waals surface area (Å²) >= 11 is 0. The van der Waals surface area contributed by atoms with Crippen LogP contribution < -0.4 is 5.32 Å². The first-order chi connectivity index (χ1) is 9.15. The summed E-state index contributed by atoms with van der Waals surface area (Å²) in [5, 5.41) is 3.74. The van der Waals surface area contributed by atoms with E-state index in [-0.39, 0.29) is 0 Å². The maximum Gasteiger partial charge on any atom is 0.0252 e. The van der Waals surface area contributed by atoms with Crippen molar-refractivity contribution in [2.24, 2.45) is 5.92 Å². The third kappa shape index (κ3) is 3.71. The van der Waals surface area contributed by atoms with Crippen molar-refractivity contribution in [1.82, 2.24) is 15.1 Å². The van der Waals surface area contributed by atoms with Gasteiger partial charge in [-0.3, -0.25) is 4.90 Å². The minimum atomic E-state index is 0.730. The van der Waals surface area contributed by atoms with E-state index in [1.54, 1.807) is 0 Å². The Hall–Kier alpha value is -0.120. The summed E-state index contributed by atoms with van der Waals surface area (Å²) < 4.78 is 0. The van der Waals surface area contributed by atoms with E-state index in [9.17, 15) is 0 Å². The van der Waals surface area contributed by atoms with Crippen molar-refractivity contribution in [3.8, 4) is 0 Å². The van der Waals surface area contributed by atoms with Crippen LogP contribution in [0, 0.1) is 5.92 Å². The van der Waals surface area contributed by atoms with E-state index >= 15 is 0 Å². The zero-order valence-electron chi connectivity index (χ0n) is 13.4. The Morgan fingerprint density at radius 2 is 1.95 bits per heavy atom. The average Bonchev–Trinajstić information content (AvgIpc) is 2.89. The molecule has 0 spiro atoms. The fourth-order valence-electron chi connectivity index (χ4n) is 4.00. The standard InChI is InChI=1S/C16H33N3/c1-5-13-7-8-15(17-6-2)16(11-13)19-10-9-14(12-19)18(3)4/h13-17H,5-12H2,1-4H3. The van der Waals surface area contributed by atoms with Crippen molar-refractivity contribution in [2.45, 2.75) is 64.1 Å². The largest absolute Gasteiger partial charge is 0.313 e. The van der Waals surface area contributed by atoms with Crippen LogP contribution in [0.5, 0.6) is 0 Å². The molecule has 1 N–H and O–H groups in total. The van der Waals surface area contributed by atoms with E-state index in [2.05, 4.69) is 43.1 Å². The van der Waals surface area contributed by atoms with Gasteiger partial charge in [0.15, 0.2) is 0 Å². The highest BCUT2D eigenvalue weighted by molar-refractivity contribution is 4.95. The number of likely N-dealkylation sites (tertiary alicyclic amines) is 1. The Balaban J connectivity index is 1.97. The summed E-state index contributed by atoms with van der Waals surface area (Å²) in [4.78, 5) is 5.18. The minimum absolute atomic E-state index is 0.730. The van der Waals surface area contributed by atoms with Gasteiger partial charge in [-0.15, -0.1) is 0 Å². The van der Waals surface area contributed by atoms with E-state index in [4.69, 9.17) is 0 Å². The molecule has 1 aliphatic heterocycles. The Labute approximate surface area is 119 Å². The van der Waals surface area contributed by atoms with Gasteiger partial charge < -0.3 is 10.2 Å². The second kappa shape index (κ2) is 7.05. The predicted molar refractivity (Wildman–Crippen MR) is 82.5 cm³/mol. The molecule has 1 heterocycles. The fourth-order valence-corrected chi connectivity index (χ4v) is 4.00. The Bertz CT molecular complexity index is 267. The van der Waals surface area contributed by atoms with Crippen LogP contribution in [0.1, 0.15) is 46.0 Å². The molecule has 4 unspecified atom stereocenters. The maximum atomic E-state index is 3.74. The van der Waals surface area contributed by atoms with Crippen LogP contribution in [0.3, 0.4) is 0 Å². The smallest absolute Gasteiger partial charge is 0.0252 e. The summed E-state index contributed by atoms with van der Waals surface area (Å²) in [6.07, 6.45) is 6.92. The van der Waals surface area contributed by atoms with Crippen LogP contribution in [-0.2, 0) is 0 Å². The molecule has 1 saturated heterocycles. The summed E-state index contributed by atoms with van der Waals surface area (Å²) in [5.41, 5.74) is 0. The highest BCUT2D eigenvalue weighted by Gasteiger charge is 2.37. The molecule has 1 aliphatic carbocycles. The third-order valence-corrected chi connectivity index (χ3v) is 5.36. The highest BCUT2D eigenvalue weighted by atomic mass is 15.3. The van der Waals surface area contributed by atoms with Gasteiger partial charge in [-0.25, -0.2) is 0 Å². The van der Waals surface area contributed by atoms with Gasteiger partial charge in [0, 0.05) is 31.2 Å². The maximum absolute atomic E-state index is 3.74. The van der Waals surface area contributed by atoms with Crippen molar-refractivity contribution in [3.05, 3.63) is 0 Å². The van der Waals surface area contributed by atoms with Crippen molar-refractivity contribution < 1.29 is 0 Å².